The molecule has 0 bridgehead atoms. The molecule has 1 atom stereocenters. The zero-order chi connectivity index (χ0) is 10.4. The van der Waals surface area contributed by atoms with Crippen LogP contribution in [0.2, 0.25) is 0 Å². The monoisotopic (exact) mass is 212 g/mol. The zero-order valence-corrected chi connectivity index (χ0v) is 9.57. The van der Waals surface area contributed by atoms with Gasteiger partial charge in [-0.1, -0.05) is 15.8 Å². The highest BCUT2D eigenvalue weighted by atomic mass is 31.0. The van der Waals surface area contributed by atoms with Gasteiger partial charge >= 0.3 is 0 Å². The summed E-state index contributed by atoms with van der Waals surface area (Å²) >= 11 is 0. The number of hydrogen-bond acceptors (Lipinski definition) is 2. The first-order chi connectivity index (χ1) is 6.72. The number of hydrogen-bond donors (Lipinski definition) is 2. The normalized spacial score (nSPS) is 15.3. The number of pyridine rings is 1. The minimum atomic E-state index is -0.0370. The van der Waals surface area contributed by atoms with Crippen molar-refractivity contribution in [3.05, 3.63) is 34.2 Å². The van der Waals surface area contributed by atoms with Crippen molar-refractivity contribution in [1.82, 2.24) is 10.1 Å². The van der Waals surface area contributed by atoms with Gasteiger partial charge in [0.25, 0.3) is 0 Å². The van der Waals surface area contributed by atoms with Crippen LogP contribution in [0.5, 0.6) is 0 Å². The molecule has 1 aromatic heterocycles. The third-order valence-corrected chi connectivity index (χ3v) is 2.74. The maximum atomic E-state index is 10.4. The molecule has 2 rings (SSSR count). The van der Waals surface area contributed by atoms with E-state index in [4.69, 9.17) is 0 Å². The molecule has 1 saturated carbocycles. The Hall–Kier alpha value is -0.660. The molecule has 1 heterocycles. The molecule has 14 heavy (non-hydrogen) atoms. The smallest absolute Gasteiger partial charge is 0.248 e. The average Bonchev–Trinajstić information content (AvgIpc) is 2.02. The minimum Gasteiger partial charge on any atom is -0.329 e. The van der Waals surface area contributed by atoms with E-state index in [0.717, 1.165) is 11.6 Å². The third kappa shape index (κ3) is 4.03. The van der Waals surface area contributed by atoms with Gasteiger partial charge < -0.3 is 4.98 Å². The molecule has 0 aliphatic heterocycles. The lowest BCUT2D eigenvalue weighted by Crippen LogP contribution is -2.27. The fraction of sp³-hybridized carbons (Fsp3) is 0.500. The van der Waals surface area contributed by atoms with Crippen LogP contribution < -0.4 is 10.6 Å². The Morgan fingerprint density at radius 1 is 1.57 bits per heavy atom. The summed E-state index contributed by atoms with van der Waals surface area (Å²) in [5.74, 6) is 0. The van der Waals surface area contributed by atoms with Crippen molar-refractivity contribution < 1.29 is 0 Å². The van der Waals surface area contributed by atoms with Gasteiger partial charge in [-0.05, 0) is 31.4 Å². The molecule has 1 aliphatic rings. The Morgan fingerprint density at radius 2 is 2.29 bits per heavy atom. The van der Waals surface area contributed by atoms with Crippen LogP contribution in [0.4, 0.5) is 0 Å². The van der Waals surface area contributed by atoms with Gasteiger partial charge in [-0.15, -0.1) is 0 Å². The van der Waals surface area contributed by atoms with Gasteiger partial charge in [-0.2, -0.15) is 0 Å². The lowest BCUT2D eigenvalue weighted by atomic mass is 9.94. The van der Waals surface area contributed by atoms with Crippen molar-refractivity contribution in [2.24, 2.45) is 0 Å². The second kappa shape index (κ2) is 5.94. The van der Waals surface area contributed by atoms with Crippen molar-refractivity contribution in [2.75, 3.05) is 0 Å². The van der Waals surface area contributed by atoms with E-state index in [0.29, 0.717) is 0 Å². The molecule has 0 amide bonds. The van der Waals surface area contributed by atoms with E-state index >= 15 is 0 Å². The van der Waals surface area contributed by atoms with Crippen LogP contribution in [0.25, 0.3) is 0 Å². The number of aryl methyl sites for hydroxylation is 1. The summed E-state index contributed by atoms with van der Waals surface area (Å²) in [6.07, 6.45) is 5.82. The zero-order valence-electron chi connectivity index (χ0n) is 8.42. The first kappa shape index (κ1) is 11.4. The summed E-state index contributed by atoms with van der Waals surface area (Å²) < 4.78 is 0. The second-order valence-corrected chi connectivity index (χ2v) is 3.86. The highest BCUT2D eigenvalue weighted by molar-refractivity contribution is 7.13. The largest absolute Gasteiger partial charge is 0.329 e. The number of aromatic nitrogens is 1. The molecule has 0 spiro atoms. The summed E-state index contributed by atoms with van der Waals surface area (Å²) in [6, 6.07) is 4.23. The Morgan fingerprint density at radius 3 is 2.50 bits per heavy atom. The fourth-order valence-electron chi connectivity index (χ4n) is 1.13. The Kier molecular flexibility index (Phi) is 4.85. The SMILES string of the molecule is Cc1cc[nH]c(=O)c1.PNC1CCC1. The molecule has 0 radical (unpaired) electrons. The number of aromatic amines is 1. The molecule has 4 heteroatoms. The van der Waals surface area contributed by atoms with E-state index in [2.05, 4.69) is 19.5 Å². The number of nitrogens with one attached hydrogen (secondary N) is 2. The molecule has 1 fully saturated rings. The van der Waals surface area contributed by atoms with E-state index in [-0.39, 0.29) is 5.56 Å². The van der Waals surface area contributed by atoms with Crippen molar-refractivity contribution in [2.45, 2.75) is 32.2 Å². The fourth-order valence-corrected chi connectivity index (χ4v) is 1.46. The van der Waals surface area contributed by atoms with Gasteiger partial charge in [0.2, 0.25) is 5.56 Å². The van der Waals surface area contributed by atoms with Gasteiger partial charge in [-0.3, -0.25) is 9.88 Å². The van der Waals surface area contributed by atoms with Crippen LogP contribution in [0.15, 0.2) is 23.1 Å². The molecule has 2 N–H and O–H groups in total. The number of rotatable bonds is 1. The summed E-state index contributed by atoms with van der Waals surface area (Å²) in [7, 11) is 2.54. The Bertz CT molecular complexity index is 317. The van der Waals surface area contributed by atoms with Crippen LogP contribution >= 0.6 is 9.39 Å². The quantitative estimate of drug-likeness (QED) is 0.694. The van der Waals surface area contributed by atoms with Gasteiger partial charge in [0.05, 0.1) is 0 Å². The predicted molar refractivity (Wildman–Crippen MR) is 62.3 cm³/mol. The van der Waals surface area contributed by atoms with Crippen molar-refractivity contribution in [3.8, 4) is 0 Å². The molecule has 0 aromatic carbocycles. The van der Waals surface area contributed by atoms with Gasteiger partial charge in [0.15, 0.2) is 0 Å². The van der Waals surface area contributed by atoms with Gasteiger partial charge in [0, 0.05) is 18.3 Å². The van der Waals surface area contributed by atoms with Crippen LogP contribution in [0.1, 0.15) is 24.8 Å². The molecular weight excluding hydrogens is 195 g/mol. The Balaban J connectivity index is 0.000000146. The van der Waals surface area contributed by atoms with Gasteiger partial charge in [-0.25, -0.2) is 0 Å². The first-order valence-corrected chi connectivity index (χ1v) is 5.41. The maximum Gasteiger partial charge on any atom is 0.248 e. The second-order valence-electron chi connectivity index (χ2n) is 3.52. The molecule has 1 unspecified atom stereocenters. The summed E-state index contributed by atoms with van der Waals surface area (Å²) in [5.41, 5.74) is 0.957. The van der Waals surface area contributed by atoms with Crippen LogP contribution in [0.3, 0.4) is 0 Å². The summed E-state index contributed by atoms with van der Waals surface area (Å²) in [6.45, 7) is 1.88. The van der Waals surface area contributed by atoms with Crippen LogP contribution in [0, 0.1) is 6.92 Å². The highest BCUT2D eigenvalue weighted by Gasteiger charge is 2.13. The van der Waals surface area contributed by atoms with Gasteiger partial charge in [0.1, 0.15) is 0 Å². The number of H-pyrrole nitrogens is 1. The third-order valence-electron chi connectivity index (χ3n) is 2.27. The predicted octanol–water partition coefficient (Wildman–Crippen LogP) is 1.60. The van der Waals surface area contributed by atoms with E-state index in [1.807, 2.05) is 13.0 Å². The van der Waals surface area contributed by atoms with Crippen molar-refractivity contribution in [3.63, 3.8) is 0 Å². The molecule has 1 aliphatic carbocycles. The topological polar surface area (TPSA) is 44.9 Å². The molecule has 3 nitrogen and oxygen atoms in total. The first-order valence-electron chi connectivity index (χ1n) is 4.84. The summed E-state index contributed by atoms with van der Waals surface area (Å²) in [5, 5.41) is 3.12. The molecular formula is C10H17N2OP. The Labute approximate surface area is 86.6 Å². The minimum absolute atomic E-state index is 0.0370. The molecule has 0 saturated heterocycles. The van der Waals surface area contributed by atoms with Crippen LogP contribution in [-0.4, -0.2) is 11.0 Å². The summed E-state index contributed by atoms with van der Waals surface area (Å²) in [4.78, 5) is 13.0. The van der Waals surface area contributed by atoms with Crippen LogP contribution in [-0.2, 0) is 0 Å². The lowest BCUT2D eigenvalue weighted by Gasteiger charge is -2.23. The highest BCUT2D eigenvalue weighted by Crippen LogP contribution is 2.18. The lowest BCUT2D eigenvalue weighted by molar-refractivity contribution is 0.395. The molecule has 1 aromatic rings. The van der Waals surface area contributed by atoms with E-state index in [1.54, 1.807) is 12.3 Å². The van der Waals surface area contributed by atoms with E-state index in [9.17, 15) is 4.79 Å². The maximum absolute atomic E-state index is 10.4. The van der Waals surface area contributed by atoms with E-state index < -0.39 is 0 Å². The van der Waals surface area contributed by atoms with Crippen molar-refractivity contribution >= 4 is 9.39 Å². The van der Waals surface area contributed by atoms with E-state index in [1.165, 1.54) is 19.3 Å². The molecule has 78 valence electrons. The average molecular weight is 212 g/mol. The van der Waals surface area contributed by atoms with Crippen molar-refractivity contribution in [1.29, 1.82) is 0 Å². The standard InChI is InChI=1S/C6H7NO.C4H10NP/c1-5-2-3-7-6(8)4-5;6-5-4-2-1-3-4/h2-4H,1H3,(H,7,8);4-5H,1-3,6H2.